The third-order valence-electron chi connectivity index (χ3n) is 1.22. The number of hydrogen-bond acceptors (Lipinski definition) is 6. The molecule has 0 bridgehead atoms. The van der Waals surface area contributed by atoms with Crippen molar-refractivity contribution in [3.63, 3.8) is 0 Å². The van der Waals surface area contributed by atoms with Crippen molar-refractivity contribution in [1.82, 2.24) is 0 Å². The SMILES string of the molecule is CC(=O)/C=C(/C)[O-].CC(=O)/C=C(/C)[O-].CC(=O)/C=C(/C)[O-].[Co+2].[Na+]. The molecule has 127 valence electrons. The summed E-state index contributed by atoms with van der Waals surface area (Å²) < 4.78 is 0. The number of ketones is 3. The second-order valence-corrected chi connectivity index (χ2v) is 4.10. The first-order chi connectivity index (χ1) is 9.38. The molecule has 0 aromatic rings. The molecule has 1 radical (unpaired) electrons. The van der Waals surface area contributed by atoms with Gasteiger partial charge < -0.3 is 15.3 Å². The smallest absolute Gasteiger partial charge is 0.876 e. The van der Waals surface area contributed by atoms with Crippen molar-refractivity contribution in [2.24, 2.45) is 0 Å². The van der Waals surface area contributed by atoms with E-state index in [2.05, 4.69) is 0 Å². The molecular formula is C15H21CoNaO6. The Kier molecular flexibility index (Phi) is 30.9. The van der Waals surface area contributed by atoms with Gasteiger partial charge in [-0.2, -0.15) is 0 Å². The topological polar surface area (TPSA) is 120 Å². The number of hydrogen-bond donors (Lipinski definition) is 0. The summed E-state index contributed by atoms with van der Waals surface area (Å²) >= 11 is 0. The standard InChI is InChI=1S/3C5H8O2.Co.Na/c3*1-4(6)3-5(2)7;;/h3*3,6H,1-2H3;;/q;;;+2;+1/p-3/b3*4-3-;;. The van der Waals surface area contributed by atoms with E-state index in [-0.39, 0.29) is 81.0 Å². The van der Waals surface area contributed by atoms with Crippen molar-refractivity contribution in [2.45, 2.75) is 41.5 Å². The van der Waals surface area contributed by atoms with E-state index < -0.39 is 0 Å². The van der Waals surface area contributed by atoms with Gasteiger partial charge in [0, 0.05) is 0 Å². The van der Waals surface area contributed by atoms with Gasteiger partial charge in [0.05, 0.1) is 0 Å². The predicted molar refractivity (Wildman–Crippen MR) is 73.3 cm³/mol. The fourth-order valence-electron chi connectivity index (χ4n) is 0.859. The van der Waals surface area contributed by atoms with Crippen LogP contribution in [0.2, 0.25) is 0 Å². The van der Waals surface area contributed by atoms with Crippen molar-refractivity contribution in [3.05, 3.63) is 35.5 Å². The van der Waals surface area contributed by atoms with Gasteiger partial charge in [-0.05, 0) is 39.0 Å². The molecule has 6 nitrogen and oxygen atoms in total. The maximum Gasteiger partial charge on any atom is 2.00 e. The molecule has 0 N–H and O–H groups in total. The number of allylic oxidation sites excluding steroid dienone is 6. The first-order valence-electron chi connectivity index (χ1n) is 5.96. The third kappa shape index (κ3) is 62.4. The molecule has 0 amide bonds. The van der Waals surface area contributed by atoms with Crippen LogP contribution in [-0.2, 0) is 31.2 Å². The molecule has 8 heteroatoms. The molecule has 0 unspecified atom stereocenters. The van der Waals surface area contributed by atoms with Crippen LogP contribution in [0.3, 0.4) is 0 Å². The average molecular weight is 379 g/mol. The maximum atomic E-state index is 9.98. The quantitative estimate of drug-likeness (QED) is 0.285. The average Bonchev–Trinajstić information content (AvgIpc) is 2.10. The number of carbonyl (C=O) groups excluding carboxylic acids is 3. The normalized spacial score (nSPS) is 10.4. The zero-order valence-corrected chi connectivity index (χ0v) is 17.6. The van der Waals surface area contributed by atoms with Gasteiger partial charge in [-0.25, -0.2) is 0 Å². The van der Waals surface area contributed by atoms with Crippen LogP contribution >= 0.6 is 0 Å². The van der Waals surface area contributed by atoms with E-state index in [1.807, 2.05) is 0 Å². The van der Waals surface area contributed by atoms with Crippen molar-refractivity contribution >= 4 is 17.3 Å². The van der Waals surface area contributed by atoms with Gasteiger partial charge in [0.1, 0.15) is 0 Å². The molecular weight excluding hydrogens is 358 g/mol. The van der Waals surface area contributed by atoms with E-state index in [0.29, 0.717) is 0 Å². The molecule has 0 aliphatic carbocycles. The molecule has 0 fully saturated rings. The minimum absolute atomic E-state index is 0. The van der Waals surface area contributed by atoms with E-state index in [4.69, 9.17) is 0 Å². The summed E-state index contributed by atoms with van der Waals surface area (Å²) in [5.74, 6) is -1.12. The number of rotatable bonds is 3. The first kappa shape index (κ1) is 33.7. The predicted octanol–water partition coefficient (Wildman–Crippen LogP) is -3.48. The zero-order chi connectivity index (χ0) is 17.6. The van der Waals surface area contributed by atoms with Crippen LogP contribution in [-0.4, -0.2) is 17.3 Å². The van der Waals surface area contributed by atoms with Gasteiger partial charge in [-0.1, -0.05) is 20.8 Å². The molecule has 0 aromatic carbocycles. The van der Waals surface area contributed by atoms with E-state index in [9.17, 15) is 29.7 Å². The Balaban J connectivity index is -0.0000000675. The van der Waals surface area contributed by atoms with E-state index in [1.54, 1.807) is 0 Å². The molecule has 0 aliphatic heterocycles. The number of carbonyl (C=O) groups is 3. The van der Waals surface area contributed by atoms with Crippen LogP contribution in [0.25, 0.3) is 0 Å². The van der Waals surface area contributed by atoms with Crippen LogP contribution in [0.15, 0.2) is 35.5 Å². The fourth-order valence-corrected chi connectivity index (χ4v) is 0.859. The van der Waals surface area contributed by atoms with E-state index in [1.165, 1.54) is 41.5 Å². The summed E-state index contributed by atoms with van der Waals surface area (Å²) in [5.41, 5.74) is 0. The fraction of sp³-hybridized carbons (Fsp3) is 0.400. The Morgan fingerprint density at radius 1 is 0.565 bits per heavy atom. The second kappa shape index (κ2) is 21.1. The molecule has 0 spiro atoms. The Bertz CT molecular complexity index is 374. The van der Waals surface area contributed by atoms with Crippen molar-refractivity contribution in [1.29, 1.82) is 0 Å². The van der Waals surface area contributed by atoms with Gasteiger partial charge in [0.15, 0.2) is 17.3 Å². The minimum atomic E-state index is -0.187. The van der Waals surface area contributed by atoms with Crippen molar-refractivity contribution < 1.29 is 76.0 Å². The van der Waals surface area contributed by atoms with E-state index in [0.717, 1.165) is 18.2 Å². The first-order valence-corrected chi connectivity index (χ1v) is 5.96. The summed E-state index contributed by atoms with van der Waals surface area (Å²) in [6.45, 7) is 8.09. The minimum Gasteiger partial charge on any atom is -0.876 e. The molecule has 0 aliphatic rings. The van der Waals surface area contributed by atoms with Crippen LogP contribution in [0.4, 0.5) is 0 Å². The van der Waals surface area contributed by atoms with Crippen LogP contribution < -0.4 is 44.9 Å². The largest absolute Gasteiger partial charge is 2.00 e. The molecule has 0 atom stereocenters. The Morgan fingerprint density at radius 2 is 0.696 bits per heavy atom. The van der Waals surface area contributed by atoms with Gasteiger partial charge in [0.2, 0.25) is 0 Å². The Labute approximate surface area is 169 Å². The molecule has 0 heterocycles. The Hall–Kier alpha value is -0.864. The van der Waals surface area contributed by atoms with Gasteiger partial charge >= 0.3 is 46.3 Å². The van der Waals surface area contributed by atoms with E-state index >= 15 is 0 Å². The second-order valence-electron chi connectivity index (χ2n) is 4.10. The summed E-state index contributed by atoms with van der Waals surface area (Å²) in [7, 11) is 0. The van der Waals surface area contributed by atoms with Crippen LogP contribution in [0.5, 0.6) is 0 Å². The maximum absolute atomic E-state index is 9.98. The summed E-state index contributed by atoms with van der Waals surface area (Å²) in [6.07, 6.45) is 3.17. The molecule has 0 saturated carbocycles. The zero-order valence-electron chi connectivity index (χ0n) is 14.5. The summed E-state index contributed by atoms with van der Waals surface area (Å²) in [6, 6.07) is 0. The molecule has 0 saturated heterocycles. The van der Waals surface area contributed by atoms with Crippen LogP contribution in [0.1, 0.15) is 41.5 Å². The summed E-state index contributed by atoms with van der Waals surface area (Å²) in [5, 5.41) is 29.9. The third-order valence-corrected chi connectivity index (χ3v) is 1.22. The molecule has 0 aromatic heterocycles. The van der Waals surface area contributed by atoms with Gasteiger partial charge in [0.25, 0.3) is 0 Å². The van der Waals surface area contributed by atoms with Gasteiger partial charge in [-0.3, -0.25) is 14.4 Å². The Morgan fingerprint density at radius 3 is 0.696 bits per heavy atom. The van der Waals surface area contributed by atoms with Crippen molar-refractivity contribution in [3.8, 4) is 0 Å². The van der Waals surface area contributed by atoms with Crippen LogP contribution in [0, 0.1) is 0 Å². The van der Waals surface area contributed by atoms with Gasteiger partial charge in [-0.15, -0.1) is 17.3 Å². The molecule has 23 heavy (non-hydrogen) atoms. The van der Waals surface area contributed by atoms with Crippen molar-refractivity contribution in [2.75, 3.05) is 0 Å². The summed E-state index contributed by atoms with van der Waals surface area (Å²) in [4.78, 5) is 29.9. The molecule has 0 rings (SSSR count). The monoisotopic (exact) mass is 379 g/mol.